The zero-order valence-corrected chi connectivity index (χ0v) is 13.5. The predicted molar refractivity (Wildman–Crippen MR) is 88.5 cm³/mol. The lowest BCUT2D eigenvalue weighted by Crippen LogP contribution is -2.20. The number of hydrogen-bond donors (Lipinski definition) is 1. The molecule has 0 atom stereocenters. The summed E-state index contributed by atoms with van der Waals surface area (Å²) >= 11 is 0. The molecule has 2 rings (SSSR count). The minimum absolute atomic E-state index is 0.686. The van der Waals surface area contributed by atoms with Gasteiger partial charge in [-0.05, 0) is 48.7 Å². The van der Waals surface area contributed by atoms with Crippen LogP contribution in [0.15, 0.2) is 41.2 Å². The molecule has 1 aromatic carbocycles. The van der Waals surface area contributed by atoms with E-state index in [2.05, 4.69) is 56.2 Å². The highest BCUT2D eigenvalue weighted by atomic mass is 16.3. The van der Waals surface area contributed by atoms with Crippen molar-refractivity contribution in [2.45, 2.75) is 33.9 Å². The summed E-state index contributed by atoms with van der Waals surface area (Å²) in [5.74, 6) is 0.686. The zero-order valence-electron chi connectivity index (χ0n) is 13.5. The number of aryl methyl sites for hydroxylation is 1. The zero-order chi connectivity index (χ0) is 15.2. The van der Waals surface area contributed by atoms with Crippen molar-refractivity contribution < 1.29 is 4.42 Å². The Kier molecular flexibility index (Phi) is 5.45. The summed E-state index contributed by atoms with van der Waals surface area (Å²) in [6.45, 7) is 9.50. The van der Waals surface area contributed by atoms with Gasteiger partial charge in [0.15, 0.2) is 0 Å². The van der Waals surface area contributed by atoms with Crippen molar-refractivity contribution in [3.05, 3.63) is 53.5 Å². The minimum atomic E-state index is 0.686. The van der Waals surface area contributed by atoms with Gasteiger partial charge in [0.25, 0.3) is 0 Å². The van der Waals surface area contributed by atoms with Crippen molar-refractivity contribution >= 4 is 5.69 Å². The van der Waals surface area contributed by atoms with E-state index in [0.717, 1.165) is 19.6 Å². The van der Waals surface area contributed by atoms with Gasteiger partial charge in [-0.25, -0.2) is 0 Å². The van der Waals surface area contributed by atoms with Gasteiger partial charge >= 0.3 is 0 Å². The molecule has 1 heterocycles. The van der Waals surface area contributed by atoms with Crippen LogP contribution in [0.4, 0.5) is 5.69 Å². The van der Waals surface area contributed by atoms with E-state index in [1.807, 2.05) is 6.07 Å². The average Bonchev–Trinajstić information content (AvgIpc) is 2.93. The van der Waals surface area contributed by atoms with Crippen LogP contribution in [-0.2, 0) is 13.1 Å². The van der Waals surface area contributed by atoms with E-state index in [1.165, 1.54) is 22.4 Å². The Bertz CT molecular complexity index is 546. The van der Waals surface area contributed by atoms with Crippen LogP contribution in [0.25, 0.3) is 0 Å². The topological polar surface area (TPSA) is 28.4 Å². The van der Waals surface area contributed by atoms with Crippen LogP contribution in [0, 0.1) is 12.8 Å². The number of rotatable bonds is 7. The maximum atomic E-state index is 5.12. The fourth-order valence-electron chi connectivity index (χ4n) is 2.36. The van der Waals surface area contributed by atoms with E-state index in [4.69, 9.17) is 4.42 Å². The Labute approximate surface area is 128 Å². The first kappa shape index (κ1) is 15.6. The highest BCUT2D eigenvalue weighted by Crippen LogP contribution is 2.20. The van der Waals surface area contributed by atoms with Gasteiger partial charge in [-0.1, -0.05) is 19.9 Å². The van der Waals surface area contributed by atoms with Gasteiger partial charge in [0, 0.05) is 31.4 Å². The second kappa shape index (κ2) is 7.32. The third kappa shape index (κ3) is 4.64. The maximum Gasteiger partial charge on any atom is 0.0952 e. The highest BCUT2D eigenvalue weighted by molar-refractivity contribution is 5.50. The summed E-state index contributed by atoms with van der Waals surface area (Å²) < 4.78 is 5.12. The van der Waals surface area contributed by atoms with Crippen molar-refractivity contribution in [2.24, 2.45) is 5.92 Å². The van der Waals surface area contributed by atoms with Crippen molar-refractivity contribution in [3.8, 4) is 0 Å². The Morgan fingerprint density at radius 1 is 1.24 bits per heavy atom. The van der Waals surface area contributed by atoms with Gasteiger partial charge in [-0.2, -0.15) is 0 Å². The molecule has 1 N–H and O–H groups in total. The number of benzene rings is 1. The fraction of sp³-hybridized carbons (Fsp3) is 0.444. The molecule has 0 unspecified atom stereocenters. The van der Waals surface area contributed by atoms with E-state index in [9.17, 15) is 0 Å². The summed E-state index contributed by atoms with van der Waals surface area (Å²) in [4.78, 5) is 2.24. The molecule has 0 saturated heterocycles. The van der Waals surface area contributed by atoms with Crippen LogP contribution < -0.4 is 10.2 Å². The molecule has 0 bridgehead atoms. The second-order valence-corrected chi connectivity index (χ2v) is 6.12. The van der Waals surface area contributed by atoms with E-state index < -0.39 is 0 Å². The molecule has 2 aromatic rings. The first-order valence-electron chi connectivity index (χ1n) is 7.58. The molecule has 3 nitrogen and oxygen atoms in total. The van der Waals surface area contributed by atoms with Crippen LogP contribution in [0.2, 0.25) is 0 Å². The van der Waals surface area contributed by atoms with E-state index in [0.29, 0.717) is 5.92 Å². The van der Waals surface area contributed by atoms with Crippen LogP contribution in [-0.4, -0.2) is 13.6 Å². The van der Waals surface area contributed by atoms with Crippen molar-refractivity contribution in [2.75, 3.05) is 18.5 Å². The van der Waals surface area contributed by atoms with Gasteiger partial charge in [0.2, 0.25) is 0 Å². The first-order chi connectivity index (χ1) is 10.1. The number of nitrogens with one attached hydrogen (secondary N) is 1. The second-order valence-electron chi connectivity index (χ2n) is 6.12. The smallest absolute Gasteiger partial charge is 0.0952 e. The van der Waals surface area contributed by atoms with Gasteiger partial charge in [0.1, 0.15) is 0 Å². The largest absolute Gasteiger partial charge is 0.472 e. The molecule has 21 heavy (non-hydrogen) atoms. The van der Waals surface area contributed by atoms with E-state index in [1.54, 1.807) is 12.5 Å². The average molecular weight is 286 g/mol. The van der Waals surface area contributed by atoms with Gasteiger partial charge in [-0.15, -0.1) is 0 Å². The number of nitrogens with zero attached hydrogens (tertiary/aromatic N) is 1. The van der Waals surface area contributed by atoms with Crippen molar-refractivity contribution in [1.82, 2.24) is 5.32 Å². The third-order valence-electron chi connectivity index (χ3n) is 3.63. The third-order valence-corrected chi connectivity index (χ3v) is 3.63. The number of anilines is 1. The lowest BCUT2D eigenvalue weighted by molar-refractivity contribution is 0.551. The van der Waals surface area contributed by atoms with Gasteiger partial charge in [0.05, 0.1) is 12.5 Å². The van der Waals surface area contributed by atoms with E-state index in [-0.39, 0.29) is 0 Å². The van der Waals surface area contributed by atoms with Crippen LogP contribution in [0.1, 0.15) is 30.5 Å². The van der Waals surface area contributed by atoms with Crippen molar-refractivity contribution in [3.63, 3.8) is 0 Å². The monoisotopic (exact) mass is 286 g/mol. The Morgan fingerprint density at radius 3 is 2.67 bits per heavy atom. The molecule has 0 spiro atoms. The van der Waals surface area contributed by atoms with Crippen LogP contribution >= 0.6 is 0 Å². The standard InChI is InChI=1S/C18H26N2O/c1-14(2)10-19-11-17-5-6-18(9-15(17)3)20(4)12-16-7-8-21-13-16/h5-9,13-14,19H,10-12H2,1-4H3. The normalized spacial score (nSPS) is 11.1. The molecule has 0 radical (unpaired) electrons. The number of furan rings is 1. The van der Waals surface area contributed by atoms with E-state index >= 15 is 0 Å². The summed E-state index contributed by atoms with van der Waals surface area (Å²) in [7, 11) is 2.11. The highest BCUT2D eigenvalue weighted by Gasteiger charge is 2.06. The molecule has 1 aromatic heterocycles. The summed E-state index contributed by atoms with van der Waals surface area (Å²) in [6, 6.07) is 8.68. The molecule has 114 valence electrons. The SMILES string of the molecule is Cc1cc(N(C)Cc2ccoc2)ccc1CNCC(C)C. The molecule has 3 heteroatoms. The molecular weight excluding hydrogens is 260 g/mol. The van der Waals surface area contributed by atoms with Crippen LogP contribution in [0.5, 0.6) is 0 Å². The summed E-state index contributed by atoms with van der Waals surface area (Å²) in [5, 5.41) is 3.50. The molecule has 0 aliphatic heterocycles. The molecule has 0 aliphatic carbocycles. The molecule has 0 fully saturated rings. The Hall–Kier alpha value is -1.74. The lowest BCUT2D eigenvalue weighted by atomic mass is 10.1. The first-order valence-corrected chi connectivity index (χ1v) is 7.58. The molecular formula is C18H26N2O. The quantitative estimate of drug-likeness (QED) is 0.835. The van der Waals surface area contributed by atoms with Gasteiger partial charge < -0.3 is 14.6 Å². The minimum Gasteiger partial charge on any atom is -0.472 e. The Balaban J connectivity index is 1.97. The van der Waals surface area contributed by atoms with Crippen molar-refractivity contribution in [1.29, 1.82) is 0 Å². The molecule has 0 amide bonds. The van der Waals surface area contributed by atoms with Gasteiger partial charge in [-0.3, -0.25) is 0 Å². The maximum absolute atomic E-state index is 5.12. The van der Waals surface area contributed by atoms with Crippen LogP contribution in [0.3, 0.4) is 0 Å². The summed E-state index contributed by atoms with van der Waals surface area (Å²) in [5.41, 5.74) is 5.14. The lowest BCUT2D eigenvalue weighted by Gasteiger charge is -2.20. The fourth-order valence-corrected chi connectivity index (χ4v) is 2.36. The summed E-state index contributed by atoms with van der Waals surface area (Å²) in [6.07, 6.45) is 3.52. The Morgan fingerprint density at radius 2 is 2.05 bits per heavy atom. The predicted octanol–water partition coefficient (Wildman–Crippen LogP) is 3.97. The molecule has 0 aliphatic rings. The number of hydrogen-bond acceptors (Lipinski definition) is 3. The molecule has 0 saturated carbocycles.